The molecule has 1 unspecified atom stereocenters. The fraction of sp³-hybridized carbons (Fsp3) is 0.0769. The molecule has 0 saturated heterocycles. The first-order chi connectivity index (χ1) is 8.66. The lowest BCUT2D eigenvalue weighted by Crippen LogP contribution is -2.09. The summed E-state index contributed by atoms with van der Waals surface area (Å²) >= 11 is 12.7. The summed E-state index contributed by atoms with van der Waals surface area (Å²) in [4.78, 5) is 1.08. The van der Waals surface area contributed by atoms with Crippen LogP contribution >= 0.6 is 50.2 Å². The van der Waals surface area contributed by atoms with Crippen molar-refractivity contribution < 1.29 is 0 Å². The molecular formula is C13H9BrClNS2. The van der Waals surface area contributed by atoms with Crippen LogP contribution in [0.5, 0.6) is 0 Å². The summed E-state index contributed by atoms with van der Waals surface area (Å²) < 4.78 is 2.93. The van der Waals surface area contributed by atoms with Crippen molar-refractivity contribution >= 4 is 60.3 Å². The zero-order valence-electron chi connectivity index (χ0n) is 9.19. The maximum atomic E-state index is 6.35. The molecule has 3 aromatic rings. The number of hydrogen-bond acceptors (Lipinski definition) is 3. The van der Waals surface area contributed by atoms with Crippen molar-refractivity contribution in [2.24, 2.45) is 5.73 Å². The van der Waals surface area contributed by atoms with Crippen LogP contribution in [-0.4, -0.2) is 0 Å². The van der Waals surface area contributed by atoms with E-state index in [1.807, 2.05) is 18.2 Å². The molecule has 18 heavy (non-hydrogen) atoms. The summed E-state index contributed by atoms with van der Waals surface area (Å²) in [5.41, 5.74) is 7.51. The second kappa shape index (κ2) is 4.94. The number of fused-ring (bicyclic) bond motifs is 1. The molecule has 0 amide bonds. The number of thiophene rings is 2. The molecule has 2 N–H and O–H groups in total. The summed E-state index contributed by atoms with van der Waals surface area (Å²) in [5, 5.41) is 3.37. The van der Waals surface area contributed by atoms with E-state index in [4.69, 9.17) is 17.3 Å². The molecule has 0 aliphatic heterocycles. The van der Waals surface area contributed by atoms with Crippen molar-refractivity contribution in [1.29, 1.82) is 0 Å². The van der Waals surface area contributed by atoms with E-state index >= 15 is 0 Å². The summed E-state index contributed by atoms with van der Waals surface area (Å²) in [6, 6.07) is 10.2. The zero-order chi connectivity index (χ0) is 12.7. The number of halogens is 2. The summed E-state index contributed by atoms with van der Waals surface area (Å²) in [6.45, 7) is 0. The van der Waals surface area contributed by atoms with Gasteiger partial charge in [-0.1, -0.05) is 29.8 Å². The number of rotatable bonds is 2. The van der Waals surface area contributed by atoms with Gasteiger partial charge in [-0.15, -0.1) is 22.7 Å². The Labute approximate surface area is 126 Å². The van der Waals surface area contributed by atoms with Crippen molar-refractivity contribution in [1.82, 2.24) is 0 Å². The molecular weight excluding hydrogens is 350 g/mol. The van der Waals surface area contributed by atoms with Gasteiger partial charge in [-0.05, 0) is 44.4 Å². The molecule has 0 fully saturated rings. The lowest BCUT2D eigenvalue weighted by atomic mass is 10.1. The zero-order valence-corrected chi connectivity index (χ0v) is 13.2. The molecule has 2 aromatic heterocycles. The third-order valence-electron chi connectivity index (χ3n) is 2.82. The molecule has 0 aliphatic carbocycles. The molecule has 0 saturated carbocycles. The third kappa shape index (κ3) is 2.12. The minimum Gasteiger partial charge on any atom is -0.320 e. The fourth-order valence-electron chi connectivity index (χ4n) is 1.91. The van der Waals surface area contributed by atoms with E-state index in [1.165, 1.54) is 27.0 Å². The minimum atomic E-state index is -0.116. The molecule has 92 valence electrons. The quantitative estimate of drug-likeness (QED) is 0.649. The monoisotopic (exact) mass is 357 g/mol. The van der Waals surface area contributed by atoms with Crippen molar-refractivity contribution in [3.05, 3.63) is 55.0 Å². The lowest BCUT2D eigenvalue weighted by Gasteiger charge is -2.08. The van der Waals surface area contributed by atoms with Crippen LogP contribution in [0.3, 0.4) is 0 Å². The van der Waals surface area contributed by atoms with Gasteiger partial charge in [-0.25, -0.2) is 0 Å². The highest BCUT2D eigenvalue weighted by molar-refractivity contribution is 9.10. The van der Waals surface area contributed by atoms with E-state index in [0.29, 0.717) is 0 Å². The van der Waals surface area contributed by atoms with Gasteiger partial charge in [-0.2, -0.15) is 0 Å². The van der Waals surface area contributed by atoms with E-state index in [1.54, 1.807) is 11.3 Å². The second-order valence-electron chi connectivity index (χ2n) is 3.94. The molecule has 0 spiro atoms. The molecule has 5 heteroatoms. The molecule has 2 heterocycles. The number of hydrogen-bond donors (Lipinski definition) is 1. The van der Waals surface area contributed by atoms with Crippen LogP contribution < -0.4 is 5.73 Å². The van der Waals surface area contributed by atoms with E-state index in [-0.39, 0.29) is 6.04 Å². The summed E-state index contributed by atoms with van der Waals surface area (Å²) in [6.07, 6.45) is 0. The minimum absolute atomic E-state index is 0.116. The predicted octanol–water partition coefficient (Wildman–Crippen LogP) is 5.43. The van der Waals surface area contributed by atoms with Gasteiger partial charge in [-0.3, -0.25) is 0 Å². The van der Waals surface area contributed by atoms with Crippen molar-refractivity contribution in [2.75, 3.05) is 0 Å². The first-order valence-electron chi connectivity index (χ1n) is 5.33. The standard InChI is InChI=1S/C13H9BrClNS2/c14-9-5-11(18-13(9)15)12(16)8-6-17-10-4-2-1-3-7(8)10/h1-6,12H,16H2. The summed E-state index contributed by atoms with van der Waals surface area (Å²) in [5.74, 6) is 0. The Balaban J connectivity index is 2.09. The summed E-state index contributed by atoms with van der Waals surface area (Å²) in [7, 11) is 0. The van der Waals surface area contributed by atoms with Crippen molar-refractivity contribution in [3.63, 3.8) is 0 Å². The van der Waals surface area contributed by atoms with Gasteiger partial charge in [0.25, 0.3) is 0 Å². The van der Waals surface area contributed by atoms with Crippen LogP contribution in [0.25, 0.3) is 10.1 Å². The van der Waals surface area contributed by atoms with Crippen LogP contribution in [0.2, 0.25) is 4.34 Å². The molecule has 0 aliphatic rings. The van der Waals surface area contributed by atoms with Gasteiger partial charge < -0.3 is 5.73 Å². The van der Waals surface area contributed by atoms with Gasteiger partial charge in [0, 0.05) is 14.0 Å². The second-order valence-corrected chi connectivity index (χ2v) is 7.39. The maximum absolute atomic E-state index is 6.35. The van der Waals surface area contributed by atoms with E-state index in [2.05, 4.69) is 33.4 Å². The molecule has 1 atom stereocenters. The average molecular weight is 359 g/mol. The molecule has 1 aromatic carbocycles. The van der Waals surface area contributed by atoms with E-state index in [0.717, 1.165) is 13.7 Å². The van der Waals surface area contributed by atoms with Crippen LogP contribution in [0.4, 0.5) is 0 Å². The Morgan fingerprint density at radius 3 is 2.78 bits per heavy atom. The Kier molecular flexibility index (Phi) is 3.47. The topological polar surface area (TPSA) is 26.0 Å². The normalized spacial score (nSPS) is 13.1. The SMILES string of the molecule is NC(c1cc(Br)c(Cl)s1)c1csc2ccccc12. The Hall–Kier alpha value is -0.390. The smallest absolute Gasteiger partial charge is 0.107 e. The highest BCUT2D eigenvalue weighted by Crippen LogP contribution is 2.39. The van der Waals surface area contributed by atoms with Gasteiger partial charge in [0.05, 0.1) is 6.04 Å². The van der Waals surface area contributed by atoms with Crippen molar-refractivity contribution in [3.8, 4) is 0 Å². The number of benzene rings is 1. The lowest BCUT2D eigenvalue weighted by molar-refractivity contribution is 0.907. The van der Waals surface area contributed by atoms with E-state index < -0.39 is 0 Å². The number of nitrogens with two attached hydrogens (primary N) is 1. The Morgan fingerprint density at radius 2 is 2.06 bits per heavy atom. The highest BCUT2D eigenvalue weighted by Gasteiger charge is 2.17. The van der Waals surface area contributed by atoms with Crippen LogP contribution in [0.15, 0.2) is 40.2 Å². The van der Waals surface area contributed by atoms with Crippen LogP contribution in [-0.2, 0) is 0 Å². The molecule has 0 bridgehead atoms. The average Bonchev–Trinajstić information content (AvgIpc) is 2.93. The van der Waals surface area contributed by atoms with Gasteiger partial charge in [0.2, 0.25) is 0 Å². The highest BCUT2D eigenvalue weighted by atomic mass is 79.9. The first-order valence-corrected chi connectivity index (χ1v) is 8.20. The predicted molar refractivity (Wildman–Crippen MR) is 84.9 cm³/mol. The van der Waals surface area contributed by atoms with Gasteiger partial charge in [0.1, 0.15) is 4.34 Å². The molecule has 0 radical (unpaired) electrons. The third-order valence-corrected chi connectivity index (χ3v) is 6.36. The van der Waals surface area contributed by atoms with Crippen molar-refractivity contribution in [2.45, 2.75) is 6.04 Å². The van der Waals surface area contributed by atoms with Crippen LogP contribution in [0.1, 0.15) is 16.5 Å². The Morgan fingerprint density at radius 1 is 1.28 bits per heavy atom. The first kappa shape index (κ1) is 12.6. The van der Waals surface area contributed by atoms with Gasteiger partial charge in [0.15, 0.2) is 0 Å². The van der Waals surface area contributed by atoms with E-state index in [9.17, 15) is 0 Å². The Bertz CT molecular complexity index is 684. The van der Waals surface area contributed by atoms with Crippen LogP contribution in [0, 0.1) is 0 Å². The fourth-order valence-corrected chi connectivity index (χ4v) is 4.66. The largest absolute Gasteiger partial charge is 0.320 e. The maximum Gasteiger partial charge on any atom is 0.107 e. The molecule has 1 nitrogen and oxygen atoms in total. The van der Waals surface area contributed by atoms with Gasteiger partial charge >= 0.3 is 0 Å². The molecule has 3 rings (SSSR count).